The lowest BCUT2D eigenvalue weighted by atomic mass is 9.74. The number of hydrogen-bond donors (Lipinski definition) is 1. The SMILES string of the molecule is O=C(CCc1cccc(Cl)c1Cl)NCC1(c2cccc(Br)c2)CCOCC1. The van der Waals surface area contributed by atoms with Crippen molar-refractivity contribution in [3.8, 4) is 0 Å². The van der Waals surface area contributed by atoms with E-state index in [-0.39, 0.29) is 11.3 Å². The molecule has 1 heterocycles. The number of carbonyl (C=O) groups is 1. The molecular formula is C21H22BrCl2NO2. The summed E-state index contributed by atoms with van der Waals surface area (Å²) in [6, 6.07) is 13.8. The van der Waals surface area contributed by atoms with Gasteiger partial charge in [-0.2, -0.15) is 0 Å². The Balaban J connectivity index is 1.63. The molecule has 0 radical (unpaired) electrons. The van der Waals surface area contributed by atoms with Crippen molar-refractivity contribution in [1.82, 2.24) is 5.32 Å². The maximum atomic E-state index is 12.5. The topological polar surface area (TPSA) is 38.3 Å². The number of hydrogen-bond acceptors (Lipinski definition) is 2. The van der Waals surface area contributed by atoms with E-state index < -0.39 is 0 Å². The van der Waals surface area contributed by atoms with Crippen LogP contribution in [-0.2, 0) is 21.4 Å². The zero-order valence-electron chi connectivity index (χ0n) is 14.9. The molecule has 1 aliphatic rings. The minimum absolute atomic E-state index is 0.0203. The summed E-state index contributed by atoms with van der Waals surface area (Å²) in [6.45, 7) is 2.02. The zero-order valence-corrected chi connectivity index (χ0v) is 18.0. The van der Waals surface area contributed by atoms with Crippen molar-refractivity contribution < 1.29 is 9.53 Å². The normalized spacial score (nSPS) is 16.1. The summed E-state index contributed by atoms with van der Waals surface area (Å²) in [6.07, 6.45) is 2.73. The van der Waals surface area contributed by atoms with Gasteiger partial charge in [0.2, 0.25) is 5.91 Å². The van der Waals surface area contributed by atoms with Crippen LogP contribution in [0.15, 0.2) is 46.9 Å². The van der Waals surface area contributed by atoms with E-state index in [9.17, 15) is 4.79 Å². The minimum atomic E-state index is -0.0919. The molecule has 27 heavy (non-hydrogen) atoms. The third-order valence-electron chi connectivity index (χ3n) is 5.16. The molecule has 0 spiro atoms. The Hall–Kier alpha value is -1.07. The molecule has 3 rings (SSSR count). The lowest BCUT2D eigenvalue weighted by Crippen LogP contribution is -2.44. The maximum Gasteiger partial charge on any atom is 0.220 e. The van der Waals surface area contributed by atoms with Crippen molar-refractivity contribution in [2.24, 2.45) is 0 Å². The van der Waals surface area contributed by atoms with Crippen molar-refractivity contribution in [1.29, 1.82) is 0 Å². The summed E-state index contributed by atoms with van der Waals surface area (Å²) >= 11 is 15.8. The average molecular weight is 471 g/mol. The van der Waals surface area contributed by atoms with Crippen LogP contribution in [0.1, 0.15) is 30.4 Å². The van der Waals surface area contributed by atoms with Crippen LogP contribution in [0.3, 0.4) is 0 Å². The van der Waals surface area contributed by atoms with Gasteiger partial charge in [0, 0.05) is 36.1 Å². The fraction of sp³-hybridized carbons (Fsp3) is 0.381. The Kier molecular flexibility index (Phi) is 7.21. The van der Waals surface area contributed by atoms with Crippen LogP contribution in [0, 0.1) is 0 Å². The second-order valence-electron chi connectivity index (χ2n) is 6.89. The highest BCUT2D eigenvalue weighted by Gasteiger charge is 2.34. The molecule has 1 fully saturated rings. The molecule has 0 atom stereocenters. The maximum absolute atomic E-state index is 12.5. The van der Waals surface area contributed by atoms with Gasteiger partial charge in [-0.25, -0.2) is 0 Å². The Morgan fingerprint density at radius 2 is 1.89 bits per heavy atom. The standard InChI is InChI=1S/C21H22BrCl2NO2/c22-17-5-2-4-16(13-17)21(9-11-27-12-10-21)14-25-19(26)8-7-15-3-1-6-18(23)20(15)24/h1-6,13H,7-12,14H2,(H,25,26). The molecular weight excluding hydrogens is 449 g/mol. The van der Waals surface area contributed by atoms with Gasteiger partial charge in [0.1, 0.15) is 0 Å². The van der Waals surface area contributed by atoms with Gasteiger partial charge >= 0.3 is 0 Å². The molecule has 1 N–H and O–H groups in total. The predicted molar refractivity (Wildman–Crippen MR) is 114 cm³/mol. The third-order valence-corrected chi connectivity index (χ3v) is 6.52. The molecule has 0 saturated carbocycles. The second-order valence-corrected chi connectivity index (χ2v) is 8.59. The number of benzene rings is 2. The second kappa shape index (κ2) is 9.42. The van der Waals surface area contributed by atoms with Crippen molar-refractivity contribution in [3.05, 3.63) is 68.1 Å². The molecule has 0 aliphatic carbocycles. The van der Waals surface area contributed by atoms with Crippen molar-refractivity contribution in [2.45, 2.75) is 31.1 Å². The fourth-order valence-corrected chi connectivity index (χ4v) is 4.31. The average Bonchev–Trinajstić information content (AvgIpc) is 2.68. The minimum Gasteiger partial charge on any atom is -0.381 e. The van der Waals surface area contributed by atoms with Gasteiger partial charge in [-0.3, -0.25) is 4.79 Å². The number of aryl methyl sites for hydroxylation is 1. The summed E-state index contributed by atoms with van der Waals surface area (Å²) in [5, 5.41) is 4.18. The van der Waals surface area contributed by atoms with Gasteiger partial charge in [-0.05, 0) is 48.6 Å². The molecule has 2 aromatic carbocycles. The third kappa shape index (κ3) is 5.26. The largest absolute Gasteiger partial charge is 0.381 e. The van der Waals surface area contributed by atoms with E-state index in [1.54, 1.807) is 6.07 Å². The Morgan fingerprint density at radius 1 is 1.15 bits per heavy atom. The quantitative estimate of drug-likeness (QED) is 0.600. The van der Waals surface area contributed by atoms with E-state index >= 15 is 0 Å². The van der Waals surface area contributed by atoms with Crippen molar-refractivity contribution in [2.75, 3.05) is 19.8 Å². The van der Waals surface area contributed by atoms with Crippen LogP contribution >= 0.6 is 39.1 Å². The van der Waals surface area contributed by atoms with Crippen LogP contribution in [0.2, 0.25) is 10.0 Å². The van der Waals surface area contributed by atoms with E-state index in [1.807, 2.05) is 24.3 Å². The molecule has 144 valence electrons. The summed E-state index contributed by atoms with van der Waals surface area (Å²) < 4.78 is 6.61. The van der Waals surface area contributed by atoms with Gasteiger partial charge in [0.05, 0.1) is 10.0 Å². The molecule has 0 aromatic heterocycles. The Morgan fingerprint density at radius 3 is 2.63 bits per heavy atom. The molecule has 6 heteroatoms. The summed E-state index contributed by atoms with van der Waals surface area (Å²) in [4.78, 5) is 12.5. The predicted octanol–water partition coefficient (Wildman–Crippen LogP) is 5.55. The van der Waals surface area contributed by atoms with Crippen LogP contribution in [0.5, 0.6) is 0 Å². The summed E-state index contributed by atoms with van der Waals surface area (Å²) in [7, 11) is 0. The Labute approximate surface area is 178 Å². The lowest BCUT2D eigenvalue weighted by molar-refractivity contribution is -0.121. The molecule has 0 unspecified atom stereocenters. The van der Waals surface area contributed by atoms with Crippen LogP contribution in [0.25, 0.3) is 0 Å². The number of ether oxygens (including phenoxy) is 1. The number of rotatable bonds is 6. The molecule has 1 amide bonds. The highest BCUT2D eigenvalue weighted by atomic mass is 79.9. The Bertz CT molecular complexity index is 807. The lowest BCUT2D eigenvalue weighted by Gasteiger charge is -2.38. The fourth-order valence-electron chi connectivity index (χ4n) is 3.49. The molecule has 0 bridgehead atoms. The molecule has 3 nitrogen and oxygen atoms in total. The highest BCUT2D eigenvalue weighted by Crippen LogP contribution is 2.35. The van der Waals surface area contributed by atoms with Crippen molar-refractivity contribution in [3.63, 3.8) is 0 Å². The first-order valence-electron chi connectivity index (χ1n) is 9.04. The van der Waals surface area contributed by atoms with Gasteiger partial charge in [-0.1, -0.05) is 63.4 Å². The number of amides is 1. The van der Waals surface area contributed by atoms with E-state index in [2.05, 4.69) is 33.4 Å². The first-order chi connectivity index (χ1) is 13.0. The van der Waals surface area contributed by atoms with E-state index in [0.717, 1.165) is 22.9 Å². The van der Waals surface area contributed by atoms with Gasteiger partial charge in [-0.15, -0.1) is 0 Å². The van der Waals surface area contributed by atoms with Gasteiger partial charge in [0.15, 0.2) is 0 Å². The first kappa shape index (κ1) is 20.7. The van der Waals surface area contributed by atoms with Crippen LogP contribution in [-0.4, -0.2) is 25.7 Å². The number of nitrogens with one attached hydrogen (secondary N) is 1. The van der Waals surface area contributed by atoms with E-state index in [4.69, 9.17) is 27.9 Å². The van der Waals surface area contributed by atoms with Gasteiger partial charge in [0.25, 0.3) is 0 Å². The molecule has 1 aliphatic heterocycles. The van der Waals surface area contributed by atoms with Crippen molar-refractivity contribution >= 4 is 45.0 Å². The monoisotopic (exact) mass is 469 g/mol. The summed E-state index contributed by atoms with van der Waals surface area (Å²) in [5.74, 6) is 0.0203. The first-order valence-corrected chi connectivity index (χ1v) is 10.6. The summed E-state index contributed by atoms with van der Waals surface area (Å²) in [5.41, 5.74) is 2.04. The molecule has 2 aromatic rings. The number of halogens is 3. The van der Waals surface area contributed by atoms with Gasteiger partial charge < -0.3 is 10.1 Å². The number of carbonyl (C=O) groups excluding carboxylic acids is 1. The smallest absolute Gasteiger partial charge is 0.220 e. The van der Waals surface area contributed by atoms with E-state index in [0.29, 0.717) is 42.6 Å². The van der Waals surface area contributed by atoms with E-state index in [1.165, 1.54) is 5.56 Å². The molecule has 1 saturated heterocycles. The highest BCUT2D eigenvalue weighted by molar-refractivity contribution is 9.10. The van der Waals surface area contributed by atoms with Crippen LogP contribution < -0.4 is 5.32 Å². The zero-order chi connectivity index (χ0) is 19.3. The van der Waals surface area contributed by atoms with Crippen LogP contribution in [0.4, 0.5) is 0 Å².